The smallest absolute Gasteiger partial charge is 0.450 e. The van der Waals surface area contributed by atoms with E-state index in [9.17, 15) is 0 Å². The molecule has 11 heavy (non-hydrogen) atoms. The van der Waals surface area contributed by atoms with Crippen molar-refractivity contribution in [3.8, 4) is 0 Å². The van der Waals surface area contributed by atoms with Gasteiger partial charge in [0.05, 0.1) is 13.2 Å². The molecule has 4 N–H and O–H groups in total. The molecule has 0 aromatic carbocycles. The molecule has 0 aromatic heterocycles. The summed E-state index contributed by atoms with van der Waals surface area (Å²) in [4.78, 5) is 8.56. The van der Waals surface area contributed by atoms with Crippen LogP contribution in [0.3, 0.4) is 0 Å². The minimum absolute atomic E-state index is 0.205. The Hall–Kier alpha value is -0.850. The van der Waals surface area contributed by atoms with Gasteiger partial charge in [0.15, 0.2) is 0 Å². The summed E-state index contributed by atoms with van der Waals surface area (Å²) in [6, 6.07) is 0. The molecule has 0 aliphatic rings. The summed E-state index contributed by atoms with van der Waals surface area (Å²) >= 11 is 0. The van der Waals surface area contributed by atoms with Gasteiger partial charge < -0.3 is 25.2 Å². The second-order valence-corrected chi connectivity index (χ2v) is 1.57. The molecule has 0 aliphatic heterocycles. The highest BCUT2D eigenvalue weighted by Crippen LogP contribution is 1.77. The first-order chi connectivity index (χ1) is 5.04. The lowest BCUT2D eigenvalue weighted by Gasteiger charge is -2.01. The van der Waals surface area contributed by atoms with E-state index in [1.807, 2.05) is 0 Å². The van der Waals surface area contributed by atoms with Crippen LogP contribution in [0.1, 0.15) is 0 Å². The minimum atomic E-state index is -1.83. The first-order valence-electron chi connectivity index (χ1n) is 2.74. The Morgan fingerprint density at radius 1 is 1.55 bits per heavy atom. The largest absolute Gasteiger partial charge is 0.503 e. The van der Waals surface area contributed by atoms with Gasteiger partial charge in [-0.25, -0.2) is 4.79 Å². The fraction of sp³-hybridized carbons (Fsp3) is 0.800. The molecule has 0 radical (unpaired) electrons. The molecule has 0 heterocycles. The van der Waals surface area contributed by atoms with E-state index < -0.39 is 12.3 Å². The van der Waals surface area contributed by atoms with Crippen LogP contribution < -0.4 is 0 Å². The fourth-order valence-corrected chi connectivity index (χ4v) is 0.245. The minimum Gasteiger partial charge on any atom is -0.450 e. The van der Waals surface area contributed by atoms with E-state index in [0.717, 1.165) is 0 Å². The van der Waals surface area contributed by atoms with Crippen molar-refractivity contribution in [1.82, 2.24) is 0 Å². The van der Waals surface area contributed by atoms with Crippen molar-refractivity contribution in [2.75, 3.05) is 20.3 Å². The van der Waals surface area contributed by atoms with Gasteiger partial charge in [-0.15, -0.1) is 0 Å². The lowest BCUT2D eigenvalue weighted by molar-refractivity contribution is 0.0254. The normalized spacial score (nSPS) is 11.2. The average Bonchev–Trinajstić information content (AvgIpc) is 1.87. The Balaban J connectivity index is 0. The van der Waals surface area contributed by atoms with Crippen LogP contribution >= 0.6 is 0 Å². The number of ether oxygens (including phenoxy) is 1. The van der Waals surface area contributed by atoms with E-state index in [1.54, 1.807) is 0 Å². The lowest BCUT2D eigenvalue weighted by atomic mass is 10.4. The maximum absolute atomic E-state index is 8.56. The van der Waals surface area contributed by atoms with Gasteiger partial charge in [-0.3, -0.25) is 0 Å². The predicted octanol–water partition coefficient (Wildman–Crippen LogP) is -0.792. The zero-order valence-electron chi connectivity index (χ0n) is 6.10. The average molecular weight is 168 g/mol. The van der Waals surface area contributed by atoms with Crippen molar-refractivity contribution in [2.45, 2.75) is 6.10 Å². The summed E-state index contributed by atoms with van der Waals surface area (Å²) in [7, 11) is 1.47. The molecule has 0 aliphatic carbocycles. The van der Waals surface area contributed by atoms with Crippen LogP contribution in [0, 0.1) is 0 Å². The third-order valence-corrected chi connectivity index (χ3v) is 0.570. The molecule has 1 atom stereocenters. The second-order valence-electron chi connectivity index (χ2n) is 1.57. The molecule has 6 heteroatoms. The van der Waals surface area contributed by atoms with Crippen LogP contribution in [0.5, 0.6) is 0 Å². The molecule has 0 saturated carbocycles. The van der Waals surface area contributed by atoms with Crippen molar-refractivity contribution >= 4 is 6.16 Å². The van der Waals surface area contributed by atoms with Crippen LogP contribution in [-0.2, 0) is 4.74 Å². The Morgan fingerprint density at radius 3 is 2.00 bits per heavy atom. The summed E-state index contributed by atoms with van der Waals surface area (Å²) in [5.74, 6) is 0. The van der Waals surface area contributed by atoms with Crippen molar-refractivity contribution in [3.05, 3.63) is 0 Å². The van der Waals surface area contributed by atoms with Crippen LogP contribution in [0.25, 0.3) is 0 Å². The quantitative estimate of drug-likeness (QED) is 0.440. The summed E-state index contributed by atoms with van der Waals surface area (Å²) in [5.41, 5.74) is 0. The van der Waals surface area contributed by atoms with Crippen molar-refractivity contribution in [3.63, 3.8) is 0 Å². The van der Waals surface area contributed by atoms with Gasteiger partial charge in [-0.2, -0.15) is 0 Å². The van der Waals surface area contributed by atoms with Gasteiger partial charge >= 0.3 is 6.16 Å². The molecule has 0 aromatic rings. The van der Waals surface area contributed by atoms with Crippen LogP contribution in [0.2, 0.25) is 0 Å². The molecule has 0 spiro atoms. The lowest BCUT2D eigenvalue weighted by Crippen LogP contribution is -2.17. The number of carboxylic acid groups (broad SMARTS) is 2. The maximum Gasteiger partial charge on any atom is 0.503 e. The van der Waals surface area contributed by atoms with Crippen molar-refractivity contribution < 1.29 is 30.0 Å². The van der Waals surface area contributed by atoms with Gasteiger partial charge in [-0.1, -0.05) is 0 Å². The Bertz CT molecular complexity index is 89.0. The number of aliphatic hydroxyl groups is 2. The Labute approximate surface area is 63.7 Å². The van der Waals surface area contributed by atoms with E-state index in [2.05, 4.69) is 4.74 Å². The molecular weight excluding hydrogens is 156 g/mol. The molecule has 68 valence electrons. The highest BCUT2D eigenvalue weighted by Gasteiger charge is 1.96. The number of methoxy groups -OCH3 is 1. The zero-order chi connectivity index (χ0) is 9.28. The molecule has 6 nitrogen and oxygen atoms in total. The molecule has 1 unspecified atom stereocenters. The molecule has 0 bridgehead atoms. The second kappa shape index (κ2) is 9.15. The summed E-state index contributed by atoms with van der Waals surface area (Å²) in [5, 5.41) is 30.6. The van der Waals surface area contributed by atoms with Crippen molar-refractivity contribution in [2.24, 2.45) is 0 Å². The molecule has 0 amide bonds. The van der Waals surface area contributed by atoms with E-state index in [-0.39, 0.29) is 13.2 Å². The van der Waals surface area contributed by atoms with Gasteiger partial charge in [0, 0.05) is 7.11 Å². The van der Waals surface area contributed by atoms with E-state index >= 15 is 0 Å². The molecule has 0 saturated heterocycles. The first kappa shape index (κ1) is 12.8. The first-order valence-corrected chi connectivity index (χ1v) is 2.74. The highest BCUT2D eigenvalue weighted by atomic mass is 16.6. The number of hydrogen-bond acceptors (Lipinski definition) is 4. The monoisotopic (exact) mass is 168 g/mol. The number of rotatable bonds is 3. The van der Waals surface area contributed by atoms with E-state index in [1.165, 1.54) is 7.11 Å². The van der Waals surface area contributed by atoms with Crippen molar-refractivity contribution in [1.29, 1.82) is 0 Å². The SMILES string of the molecule is COCC(O)CO.O=C(O)O. The van der Waals surface area contributed by atoms with Crippen LogP contribution in [0.15, 0.2) is 0 Å². The van der Waals surface area contributed by atoms with E-state index in [4.69, 9.17) is 25.2 Å². The predicted molar refractivity (Wildman–Crippen MR) is 35.6 cm³/mol. The van der Waals surface area contributed by atoms with E-state index in [0.29, 0.717) is 0 Å². The standard InChI is InChI=1S/C4H10O3.CH2O3/c1-7-3-4(6)2-5;2-1(3)4/h4-6H,2-3H2,1H3;(H2,2,3,4). The van der Waals surface area contributed by atoms with Crippen LogP contribution in [0.4, 0.5) is 4.79 Å². The van der Waals surface area contributed by atoms with Gasteiger partial charge in [0.2, 0.25) is 0 Å². The number of carbonyl (C=O) groups is 1. The topological polar surface area (TPSA) is 107 Å². The maximum atomic E-state index is 8.56. The summed E-state index contributed by atoms with van der Waals surface area (Å²) in [6.07, 6.45) is -2.55. The Morgan fingerprint density at radius 2 is 1.91 bits per heavy atom. The summed E-state index contributed by atoms with van der Waals surface area (Å²) in [6.45, 7) is -0.0235. The van der Waals surface area contributed by atoms with Gasteiger partial charge in [0.1, 0.15) is 6.10 Å². The molecule has 0 rings (SSSR count). The number of hydrogen-bond donors (Lipinski definition) is 4. The Kier molecular flexibility index (Phi) is 10.6. The highest BCUT2D eigenvalue weighted by molar-refractivity contribution is 5.53. The molecule has 0 fully saturated rings. The zero-order valence-corrected chi connectivity index (χ0v) is 6.10. The molecular formula is C5H12O6. The van der Waals surface area contributed by atoms with Gasteiger partial charge in [0.25, 0.3) is 0 Å². The fourth-order valence-electron chi connectivity index (χ4n) is 0.245. The number of aliphatic hydroxyl groups excluding tert-OH is 2. The third kappa shape index (κ3) is 27.2. The van der Waals surface area contributed by atoms with Crippen LogP contribution in [-0.4, -0.2) is 53.0 Å². The summed E-state index contributed by atoms with van der Waals surface area (Å²) < 4.78 is 4.48. The third-order valence-electron chi connectivity index (χ3n) is 0.570. The van der Waals surface area contributed by atoms with Gasteiger partial charge in [-0.05, 0) is 0 Å².